The van der Waals surface area contributed by atoms with E-state index in [1.54, 1.807) is 0 Å². The normalized spacial score (nSPS) is 43.7. The van der Waals surface area contributed by atoms with E-state index in [1.165, 1.54) is 51.4 Å². The molecule has 4 aliphatic rings. The topological polar surface area (TPSA) is 57.5 Å². The number of Topliss-reactive ketones (excluding diaryl/α,β-unsaturated/α-hetero) is 1. The fraction of sp³-hybridized carbons (Fsp3) is 0.966. The second kappa shape index (κ2) is 9.33. The smallest absolute Gasteiger partial charge is 0.151 e. The first kappa shape index (κ1) is 24.7. The standard InChI is InChI=1S/C29H50O3/c1-18(2)20(16-26(31)32)10-9-19(3)24-17-25(30)27-22-12-11-21-8-6-7-14-28(21,4)23(22)13-15-29(24,27)5/h18-24,26-27,31-32H,6-17H2,1-5H3/t19-,20+,21?,22-,23+,24-,27+,28+,29-/m1/s1. The number of ketones is 1. The van der Waals surface area contributed by atoms with Crippen molar-refractivity contribution in [3.63, 3.8) is 0 Å². The molecular formula is C29H50O3. The van der Waals surface area contributed by atoms with Crippen LogP contribution in [0, 0.1) is 58.2 Å². The van der Waals surface area contributed by atoms with Crippen molar-refractivity contribution >= 4 is 5.78 Å². The monoisotopic (exact) mass is 446 g/mol. The maximum Gasteiger partial charge on any atom is 0.151 e. The van der Waals surface area contributed by atoms with Gasteiger partial charge in [0.15, 0.2) is 6.29 Å². The summed E-state index contributed by atoms with van der Waals surface area (Å²) in [6, 6.07) is 0. The van der Waals surface area contributed by atoms with Crippen molar-refractivity contribution in [3.8, 4) is 0 Å². The molecule has 0 amide bonds. The molecule has 9 atom stereocenters. The van der Waals surface area contributed by atoms with E-state index in [0.717, 1.165) is 31.1 Å². The van der Waals surface area contributed by atoms with Crippen LogP contribution in [0.3, 0.4) is 0 Å². The zero-order chi connectivity index (χ0) is 23.3. The van der Waals surface area contributed by atoms with Gasteiger partial charge in [0.05, 0.1) is 0 Å². The molecule has 0 aliphatic heterocycles. The Hall–Kier alpha value is -0.410. The lowest BCUT2D eigenvalue weighted by Crippen LogP contribution is -2.54. The van der Waals surface area contributed by atoms with Crippen LogP contribution in [-0.4, -0.2) is 22.3 Å². The van der Waals surface area contributed by atoms with E-state index < -0.39 is 6.29 Å². The maximum atomic E-state index is 13.6. The first-order chi connectivity index (χ1) is 15.1. The molecule has 0 radical (unpaired) electrons. The summed E-state index contributed by atoms with van der Waals surface area (Å²) in [7, 11) is 0. The molecule has 3 nitrogen and oxygen atoms in total. The van der Waals surface area contributed by atoms with E-state index >= 15 is 0 Å². The second-order valence-electron chi connectivity index (χ2n) is 13.4. The van der Waals surface area contributed by atoms with Crippen LogP contribution in [0.2, 0.25) is 0 Å². The Balaban J connectivity index is 1.47. The van der Waals surface area contributed by atoms with Crippen LogP contribution < -0.4 is 0 Å². The molecule has 4 aliphatic carbocycles. The molecule has 32 heavy (non-hydrogen) atoms. The molecule has 184 valence electrons. The van der Waals surface area contributed by atoms with Gasteiger partial charge in [-0.05, 0) is 97.2 Å². The highest BCUT2D eigenvalue weighted by Gasteiger charge is 2.62. The number of aliphatic hydroxyl groups is 2. The van der Waals surface area contributed by atoms with Gasteiger partial charge in [-0.2, -0.15) is 0 Å². The summed E-state index contributed by atoms with van der Waals surface area (Å²) in [4.78, 5) is 13.6. The number of rotatable bonds is 7. The quantitative estimate of drug-likeness (QED) is 0.433. The number of carbonyl (C=O) groups is 1. The highest BCUT2D eigenvalue weighted by Crippen LogP contribution is 2.67. The van der Waals surface area contributed by atoms with Crippen LogP contribution in [0.25, 0.3) is 0 Å². The second-order valence-corrected chi connectivity index (χ2v) is 13.4. The van der Waals surface area contributed by atoms with Gasteiger partial charge in [0.1, 0.15) is 5.78 Å². The van der Waals surface area contributed by atoms with Gasteiger partial charge in [0.2, 0.25) is 0 Å². The van der Waals surface area contributed by atoms with Crippen molar-refractivity contribution in [1.29, 1.82) is 0 Å². The van der Waals surface area contributed by atoms with Gasteiger partial charge in [-0.15, -0.1) is 0 Å². The van der Waals surface area contributed by atoms with Gasteiger partial charge < -0.3 is 10.2 Å². The summed E-state index contributed by atoms with van der Waals surface area (Å²) < 4.78 is 0. The van der Waals surface area contributed by atoms with Crippen molar-refractivity contribution in [2.45, 2.75) is 118 Å². The van der Waals surface area contributed by atoms with E-state index in [9.17, 15) is 15.0 Å². The third kappa shape index (κ3) is 4.23. The predicted molar refractivity (Wildman–Crippen MR) is 130 cm³/mol. The molecule has 4 fully saturated rings. The molecule has 0 bridgehead atoms. The van der Waals surface area contributed by atoms with Gasteiger partial charge >= 0.3 is 0 Å². The lowest BCUT2D eigenvalue weighted by Gasteiger charge is -2.60. The van der Waals surface area contributed by atoms with Crippen LogP contribution in [0.5, 0.6) is 0 Å². The first-order valence-corrected chi connectivity index (χ1v) is 14.0. The molecular weight excluding hydrogens is 396 g/mol. The molecule has 0 aromatic carbocycles. The summed E-state index contributed by atoms with van der Waals surface area (Å²) in [5, 5.41) is 19.0. The van der Waals surface area contributed by atoms with E-state index in [0.29, 0.717) is 53.1 Å². The molecule has 0 spiro atoms. The van der Waals surface area contributed by atoms with E-state index in [1.807, 2.05) is 0 Å². The van der Waals surface area contributed by atoms with Gasteiger partial charge in [-0.1, -0.05) is 53.9 Å². The van der Waals surface area contributed by atoms with Crippen molar-refractivity contribution in [1.82, 2.24) is 0 Å². The highest BCUT2D eigenvalue weighted by molar-refractivity contribution is 5.85. The van der Waals surface area contributed by atoms with Gasteiger partial charge in [0, 0.05) is 18.8 Å². The van der Waals surface area contributed by atoms with Crippen molar-refractivity contribution in [3.05, 3.63) is 0 Å². The van der Waals surface area contributed by atoms with E-state index in [2.05, 4.69) is 34.6 Å². The third-order valence-electron chi connectivity index (χ3n) is 11.5. The molecule has 0 aromatic heterocycles. The zero-order valence-corrected chi connectivity index (χ0v) is 21.5. The average molecular weight is 447 g/mol. The summed E-state index contributed by atoms with van der Waals surface area (Å²) in [5.74, 6) is 5.03. The lowest BCUT2D eigenvalue weighted by molar-refractivity contribution is -0.141. The predicted octanol–water partition coefficient (Wildman–Crippen LogP) is 6.60. The third-order valence-corrected chi connectivity index (χ3v) is 11.5. The summed E-state index contributed by atoms with van der Waals surface area (Å²) in [6.07, 6.45) is 13.1. The zero-order valence-electron chi connectivity index (χ0n) is 21.5. The summed E-state index contributed by atoms with van der Waals surface area (Å²) in [6.45, 7) is 11.8. The fourth-order valence-corrected chi connectivity index (χ4v) is 9.65. The SMILES string of the molecule is CC(C)[C@@H](CC[C@@H](C)[C@H]1CC(=O)[C@@H]2[C@@H]3CCC4CCCC[C@]4(C)[C@H]3CC[C@]12C)CC(O)O. The maximum absolute atomic E-state index is 13.6. The molecule has 4 rings (SSSR count). The van der Waals surface area contributed by atoms with Crippen molar-refractivity contribution in [2.75, 3.05) is 0 Å². The minimum atomic E-state index is -1.21. The van der Waals surface area contributed by atoms with Gasteiger partial charge in [0.25, 0.3) is 0 Å². The van der Waals surface area contributed by atoms with E-state index in [-0.39, 0.29) is 5.41 Å². The van der Waals surface area contributed by atoms with E-state index in [4.69, 9.17) is 0 Å². The minimum Gasteiger partial charge on any atom is -0.368 e. The number of carbonyl (C=O) groups excluding carboxylic acids is 1. The summed E-state index contributed by atoms with van der Waals surface area (Å²) in [5.41, 5.74) is 0.668. The average Bonchev–Trinajstić information content (AvgIpc) is 3.00. The summed E-state index contributed by atoms with van der Waals surface area (Å²) >= 11 is 0. The Kier molecular flexibility index (Phi) is 7.20. The number of hydrogen-bond donors (Lipinski definition) is 2. The Labute approximate surface area is 197 Å². The van der Waals surface area contributed by atoms with Crippen LogP contribution in [0.4, 0.5) is 0 Å². The van der Waals surface area contributed by atoms with Gasteiger partial charge in [-0.3, -0.25) is 4.79 Å². The van der Waals surface area contributed by atoms with Crippen LogP contribution in [-0.2, 0) is 4.79 Å². The van der Waals surface area contributed by atoms with Crippen LogP contribution >= 0.6 is 0 Å². The number of aliphatic hydroxyl groups excluding tert-OH is 1. The molecule has 3 heteroatoms. The highest BCUT2D eigenvalue weighted by atomic mass is 16.5. The van der Waals surface area contributed by atoms with Crippen LogP contribution in [0.1, 0.15) is 112 Å². The minimum absolute atomic E-state index is 0.180. The largest absolute Gasteiger partial charge is 0.368 e. The fourth-order valence-electron chi connectivity index (χ4n) is 9.65. The lowest BCUT2D eigenvalue weighted by atomic mass is 9.44. The Morgan fingerprint density at radius 3 is 2.38 bits per heavy atom. The Morgan fingerprint density at radius 1 is 0.938 bits per heavy atom. The van der Waals surface area contributed by atoms with Crippen LogP contribution in [0.15, 0.2) is 0 Å². The Morgan fingerprint density at radius 2 is 1.69 bits per heavy atom. The molecule has 4 saturated carbocycles. The number of hydrogen-bond acceptors (Lipinski definition) is 3. The van der Waals surface area contributed by atoms with Crippen molar-refractivity contribution < 1.29 is 15.0 Å². The molecule has 0 saturated heterocycles. The Bertz CT molecular complexity index is 671. The molecule has 0 aromatic rings. The van der Waals surface area contributed by atoms with Gasteiger partial charge in [-0.25, -0.2) is 0 Å². The number of fused-ring (bicyclic) bond motifs is 5. The molecule has 0 heterocycles. The molecule has 1 unspecified atom stereocenters. The first-order valence-electron chi connectivity index (χ1n) is 14.0. The van der Waals surface area contributed by atoms with Crippen molar-refractivity contribution in [2.24, 2.45) is 58.2 Å². The molecule has 2 N–H and O–H groups in total.